The second kappa shape index (κ2) is 8.61. The van der Waals surface area contributed by atoms with Gasteiger partial charge in [0, 0.05) is 13.4 Å². The van der Waals surface area contributed by atoms with Crippen LogP contribution in [0.3, 0.4) is 0 Å². The summed E-state index contributed by atoms with van der Waals surface area (Å²) in [6, 6.07) is 11.6. The van der Waals surface area contributed by atoms with E-state index in [0.29, 0.717) is 0 Å². The smallest absolute Gasteiger partial charge is 0.259 e. The Labute approximate surface area is 160 Å². The van der Waals surface area contributed by atoms with Gasteiger partial charge in [-0.2, -0.15) is 5.10 Å². The van der Waals surface area contributed by atoms with Crippen LogP contribution in [0.1, 0.15) is 11.1 Å². The van der Waals surface area contributed by atoms with E-state index < -0.39 is 0 Å². The van der Waals surface area contributed by atoms with E-state index in [1.807, 2.05) is 43.3 Å². The Hall–Kier alpha value is -1.18. The van der Waals surface area contributed by atoms with Gasteiger partial charge in [-0.3, -0.25) is 4.79 Å². The Morgan fingerprint density at radius 3 is 2.52 bits per heavy atom. The predicted molar refractivity (Wildman–Crippen MR) is 105 cm³/mol. The average Bonchev–Trinajstić information content (AvgIpc) is 2.46. The summed E-state index contributed by atoms with van der Waals surface area (Å²) in [6.07, 6.45) is 1.60. The number of amides is 1. The molecule has 0 bridgehead atoms. The Morgan fingerprint density at radius 2 is 1.87 bits per heavy atom. The summed E-state index contributed by atoms with van der Waals surface area (Å²) in [4.78, 5) is 11.8. The molecule has 0 fully saturated rings. The molecule has 1 amide bonds. The molecular weight excluding hydrogens is 490 g/mol. The number of benzene rings is 2. The van der Waals surface area contributed by atoms with E-state index >= 15 is 0 Å². The number of rotatable bonds is 5. The molecule has 0 radical (unpaired) electrons. The van der Waals surface area contributed by atoms with E-state index in [1.54, 1.807) is 6.21 Å². The fourth-order valence-corrected chi connectivity index (χ4v) is 3.96. The van der Waals surface area contributed by atoms with E-state index in [-0.39, 0.29) is 12.5 Å². The molecule has 2 aromatic rings. The lowest BCUT2D eigenvalue weighted by Gasteiger charge is -2.11. The van der Waals surface area contributed by atoms with Crippen molar-refractivity contribution in [1.82, 2.24) is 5.43 Å². The van der Waals surface area contributed by atoms with Crippen molar-refractivity contribution in [2.75, 3.05) is 11.9 Å². The highest BCUT2D eigenvalue weighted by Crippen LogP contribution is 2.32. The average molecular weight is 504 g/mol. The maximum Gasteiger partial charge on any atom is 0.259 e. The molecule has 0 aliphatic rings. The zero-order valence-electron chi connectivity index (χ0n) is 12.2. The third-order valence-electron chi connectivity index (χ3n) is 2.86. The summed E-state index contributed by atoms with van der Waals surface area (Å²) in [5.41, 5.74) is 5.35. The van der Waals surface area contributed by atoms with Crippen molar-refractivity contribution in [3.05, 3.63) is 60.9 Å². The Balaban J connectivity index is 1.88. The Kier molecular flexibility index (Phi) is 6.80. The van der Waals surface area contributed by atoms with Gasteiger partial charge in [-0.15, -0.1) is 0 Å². The van der Waals surface area contributed by atoms with Crippen LogP contribution >= 0.6 is 47.8 Å². The molecule has 0 heterocycles. The molecule has 2 N–H and O–H groups in total. The largest absolute Gasteiger partial charge is 0.374 e. The predicted octanol–water partition coefficient (Wildman–Crippen LogP) is 4.84. The fourth-order valence-electron chi connectivity index (χ4n) is 1.84. The number of halogens is 3. The number of anilines is 1. The van der Waals surface area contributed by atoms with E-state index in [0.717, 1.165) is 30.2 Å². The number of aryl methyl sites for hydroxylation is 1. The third kappa shape index (κ3) is 5.75. The fraction of sp³-hybridized carbons (Fsp3) is 0.125. The van der Waals surface area contributed by atoms with Crippen LogP contribution < -0.4 is 10.7 Å². The van der Waals surface area contributed by atoms with Gasteiger partial charge in [0.15, 0.2) is 0 Å². The molecule has 0 spiro atoms. The van der Waals surface area contributed by atoms with Gasteiger partial charge < -0.3 is 5.32 Å². The number of hydrogen-bond acceptors (Lipinski definition) is 3. The number of nitrogens with zero attached hydrogens (tertiary/aromatic N) is 1. The minimum Gasteiger partial charge on any atom is -0.374 e. The standard InChI is InChI=1S/C16H14Br3N3O/c1-10-5-13(18)16(14(19)6-10)20-9-15(23)22-21-8-11-3-2-4-12(17)7-11/h2-8,20H,9H2,1H3,(H,22,23)/b21-8+. The van der Waals surface area contributed by atoms with Crippen LogP contribution in [0.15, 0.2) is 54.9 Å². The van der Waals surface area contributed by atoms with Crippen molar-refractivity contribution < 1.29 is 4.79 Å². The molecule has 0 atom stereocenters. The van der Waals surface area contributed by atoms with Crippen LogP contribution in [0.2, 0.25) is 0 Å². The first kappa shape index (κ1) is 18.2. The van der Waals surface area contributed by atoms with Crippen LogP contribution in [0.5, 0.6) is 0 Å². The molecule has 4 nitrogen and oxygen atoms in total. The first-order valence-corrected chi connectivity index (χ1v) is 9.10. The first-order chi connectivity index (χ1) is 11.0. The molecule has 0 unspecified atom stereocenters. The Bertz CT molecular complexity index is 724. The molecule has 2 rings (SSSR count). The van der Waals surface area contributed by atoms with Crippen molar-refractivity contribution in [3.63, 3.8) is 0 Å². The molecule has 0 saturated heterocycles. The summed E-state index contributed by atoms with van der Waals surface area (Å²) in [5.74, 6) is -0.226. The summed E-state index contributed by atoms with van der Waals surface area (Å²) < 4.78 is 2.76. The topological polar surface area (TPSA) is 53.5 Å². The minimum absolute atomic E-state index is 0.121. The number of nitrogens with one attached hydrogen (secondary N) is 2. The lowest BCUT2D eigenvalue weighted by atomic mass is 10.2. The molecule has 23 heavy (non-hydrogen) atoms. The normalized spacial score (nSPS) is 10.8. The van der Waals surface area contributed by atoms with Crippen molar-refractivity contribution in [1.29, 1.82) is 0 Å². The first-order valence-electron chi connectivity index (χ1n) is 6.72. The molecule has 0 saturated carbocycles. The van der Waals surface area contributed by atoms with Crippen molar-refractivity contribution in [3.8, 4) is 0 Å². The maximum absolute atomic E-state index is 11.8. The third-order valence-corrected chi connectivity index (χ3v) is 4.61. The summed E-state index contributed by atoms with van der Waals surface area (Å²) in [7, 11) is 0. The van der Waals surface area contributed by atoms with Crippen LogP contribution in [-0.2, 0) is 4.79 Å². The summed E-state index contributed by atoms with van der Waals surface area (Å²) in [6.45, 7) is 2.12. The van der Waals surface area contributed by atoms with E-state index in [4.69, 9.17) is 0 Å². The zero-order chi connectivity index (χ0) is 16.8. The number of hydrogen-bond donors (Lipinski definition) is 2. The highest BCUT2D eigenvalue weighted by atomic mass is 79.9. The lowest BCUT2D eigenvalue weighted by molar-refractivity contribution is -0.119. The van der Waals surface area contributed by atoms with Crippen molar-refractivity contribution in [2.45, 2.75) is 6.92 Å². The SMILES string of the molecule is Cc1cc(Br)c(NCC(=O)N/N=C/c2cccc(Br)c2)c(Br)c1. The van der Waals surface area contributed by atoms with Gasteiger partial charge in [0.05, 0.1) is 18.4 Å². The highest BCUT2D eigenvalue weighted by Gasteiger charge is 2.07. The second-order valence-electron chi connectivity index (χ2n) is 4.81. The molecular formula is C16H14Br3N3O. The van der Waals surface area contributed by atoms with Gasteiger partial charge in [0.25, 0.3) is 5.91 Å². The van der Waals surface area contributed by atoms with E-state index in [9.17, 15) is 4.79 Å². The minimum atomic E-state index is -0.226. The lowest BCUT2D eigenvalue weighted by Crippen LogP contribution is -2.26. The van der Waals surface area contributed by atoms with Gasteiger partial charge in [-0.25, -0.2) is 5.43 Å². The Morgan fingerprint density at radius 1 is 1.17 bits per heavy atom. The molecule has 0 aromatic heterocycles. The van der Waals surface area contributed by atoms with Crippen LogP contribution in [0, 0.1) is 6.92 Å². The van der Waals surface area contributed by atoms with Crippen LogP contribution in [-0.4, -0.2) is 18.7 Å². The van der Waals surface area contributed by atoms with E-state index in [1.165, 1.54) is 0 Å². The van der Waals surface area contributed by atoms with Crippen LogP contribution in [0.25, 0.3) is 0 Å². The summed E-state index contributed by atoms with van der Waals surface area (Å²) >= 11 is 10.3. The molecule has 0 aliphatic carbocycles. The van der Waals surface area contributed by atoms with Crippen molar-refractivity contribution >= 4 is 65.6 Å². The zero-order valence-corrected chi connectivity index (χ0v) is 17.0. The molecule has 120 valence electrons. The maximum atomic E-state index is 11.8. The van der Waals surface area contributed by atoms with Crippen LogP contribution in [0.4, 0.5) is 5.69 Å². The van der Waals surface area contributed by atoms with Gasteiger partial charge in [0.2, 0.25) is 0 Å². The van der Waals surface area contributed by atoms with Gasteiger partial charge in [0.1, 0.15) is 0 Å². The van der Waals surface area contributed by atoms with Crippen molar-refractivity contribution in [2.24, 2.45) is 5.10 Å². The monoisotopic (exact) mass is 501 g/mol. The number of hydrazone groups is 1. The van der Waals surface area contributed by atoms with E-state index in [2.05, 4.69) is 63.6 Å². The number of carbonyl (C=O) groups excluding carboxylic acids is 1. The molecule has 7 heteroatoms. The number of carbonyl (C=O) groups is 1. The van der Waals surface area contributed by atoms with Gasteiger partial charge in [-0.05, 0) is 74.2 Å². The molecule has 2 aromatic carbocycles. The van der Waals surface area contributed by atoms with Gasteiger partial charge >= 0.3 is 0 Å². The summed E-state index contributed by atoms with van der Waals surface area (Å²) in [5, 5.41) is 7.02. The van der Waals surface area contributed by atoms with Gasteiger partial charge in [-0.1, -0.05) is 28.1 Å². The molecule has 0 aliphatic heterocycles. The highest BCUT2D eigenvalue weighted by molar-refractivity contribution is 9.11. The second-order valence-corrected chi connectivity index (χ2v) is 7.43. The quantitative estimate of drug-likeness (QED) is 0.453.